The van der Waals surface area contributed by atoms with E-state index in [1.807, 2.05) is 6.92 Å². The molecule has 1 aromatic rings. The van der Waals surface area contributed by atoms with Gasteiger partial charge < -0.3 is 10.1 Å². The maximum Gasteiger partial charge on any atom is 0.0843 e. The standard InChI is InChI=1S/C11H17Br2NOS/c1-4-15-11(2,3)7-14-6-8-5-9(12)10(13)16-8/h5,14H,4,6-7H2,1-3H3. The van der Waals surface area contributed by atoms with E-state index in [9.17, 15) is 0 Å². The van der Waals surface area contributed by atoms with Crippen molar-refractivity contribution in [2.75, 3.05) is 13.2 Å². The van der Waals surface area contributed by atoms with E-state index < -0.39 is 0 Å². The third-order valence-electron chi connectivity index (χ3n) is 2.08. The van der Waals surface area contributed by atoms with Crippen molar-refractivity contribution >= 4 is 43.2 Å². The van der Waals surface area contributed by atoms with Gasteiger partial charge in [0.1, 0.15) is 0 Å². The molecule has 0 aliphatic carbocycles. The van der Waals surface area contributed by atoms with Gasteiger partial charge in [-0.1, -0.05) is 0 Å². The van der Waals surface area contributed by atoms with Crippen molar-refractivity contribution in [2.24, 2.45) is 0 Å². The molecule has 0 radical (unpaired) electrons. The first-order valence-corrected chi connectivity index (χ1v) is 7.63. The number of ether oxygens (including phenoxy) is 1. The molecule has 16 heavy (non-hydrogen) atoms. The molecule has 1 rings (SSSR count). The molecule has 1 aromatic heterocycles. The van der Waals surface area contributed by atoms with E-state index in [4.69, 9.17) is 4.74 Å². The van der Waals surface area contributed by atoms with Gasteiger partial charge in [-0.05, 0) is 58.7 Å². The summed E-state index contributed by atoms with van der Waals surface area (Å²) in [5.74, 6) is 0. The molecule has 5 heteroatoms. The lowest BCUT2D eigenvalue weighted by atomic mass is 10.1. The normalized spacial score (nSPS) is 12.1. The van der Waals surface area contributed by atoms with E-state index in [0.717, 1.165) is 28.0 Å². The molecule has 2 nitrogen and oxygen atoms in total. The molecule has 0 aliphatic rings. The van der Waals surface area contributed by atoms with E-state index in [1.54, 1.807) is 11.3 Å². The molecule has 0 aliphatic heterocycles. The highest BCUT2D eigenvalue weighted by Crippen LogP contribution is 2.32. The Bertz CT molecular complexity index is 319. The molecule has 0 atom stereocenters. The summed E-state index contributed by atoms with van der Waals surface area (Å²) in [5.41, 5.74) is -0.0968. The molecule has 0 saturated heterocycles. The molecule has 0 aromatic carbocycles. The average Bonchev–Trinajstić information content (AvgIpc) is 2.45. The second kappa shape index (κ2) is 6.50. The Morgan fingerprint density at radius 3 is 2.62 bits per heavy atom. The zero-order chi connectivity index (χ0) is 12.2. The van der Waals surface area contributed by atoms with E-state index in [-0.39, 0.29) is 5.60 Å². The monoisotopic (exact) mass is 369 g/mol. The molecule has 0 spiro atoms. The fraction of sp³-hybridized carbons (Fsp3) is 0.636. The minimum atomic E-state index is -0.0968. The van der Waals surface area contributed by atoms with Crippen LogP contribution in [0.25, 0.3) is 0 Å². The van der Waals surface area contributed by atoms with Gasteiger partial charge in [0.25, 0.3) is 0 Å². The van der Waals surface area contributed by atoms with Gasteiger partial charge in [-0.2, -0.15) is 0 Å². The van der Waals surface area contributed by atoms with Crippen LogP contribution in [-0.4, -0.2) is 18.8 Å². The van der Waals surface area contributed by atoms with Crippen molar-refractivity contribution in [1.29, 1.82) is 0 Å². The van der Waals surface area contributed by atoms with Gasteiger partial charge in [0.15, 0.2) is 0 Å². The summed E-state index contributed by atoms with van der Waals surface area (Å²) in [6.07, 6.45) is 0. The second-order valence-electron chi connectivity index (χ2n) is 4.13. The topological polar surface area (TPSA) is 21.3 Å². The Morgan fingerprint density at radius 2 is 2.12 bits per heavy atom. The molecular formula is C11H17Br2NOS. The van der Waals surface area contributed by atoms with Gasteiger partial charge in [0.05, 0.1) is 9.39 Å². The van der Waals surface area contributed by atoms with Crippen LogP contribution in [0.15, 0.2) is 14.3 Å². The van der Waals surface area contributed by atoms with Gasteiger partial charge in [0, 0.05) is 29.0 Å². The Hall–Kier alpha value is 0.580. The number of thiophene rings is 1. The lowest BCUT2D eigenvalue weighted by Gasteiger charge is -2.24. The summed E-state index contributed by atoms with van der Waals surface area (Å²) in [7, 11) is 0. The zero-order valence-electron chi connectivity index (χ0n) is 9.77. The zero-order valence-corrected chi connectivity index (χ0v) is 13.8. The van der Waals surface area contributed by atoms with Crippen LogP contribution in [0.4, 0.5) is 0 Å². The van der Waals surface area contributed by atoms with Crippen molar-refractivity contribution in [3.8, 4) is 0 Å². The minimum absolute atomic E-state index is 0.0968. The minimum Gasteiger partial charge on any atom is -0.375 e. The number of hydrogen-bond acceptors (Lipinski definition) is 3. The van der Waals surface area contributed by atoms with Crippen LogP contribution in [0, 0.1) is 0 Å². The van der Waals surface area contributed by atoms with Crippen molar-refractivity contribution in [2.45, 2.75) is 32.9 Å². The first-order chi connectivity index (χ1) is 7.44. The van der Waals surface area contributed by atoms with Gasteiger partial charge in [-0.15, -0.1) is 11.3 Å². The molecular weight excluding hydrogens is 354 g/mol. The van der Waals surface area contributed by atoms with Crippen LogP contribution in [0.2, 0.25) is 0 Å². The molecule has 0 fully saturated rings. The summed E-state index contributed by atoms with van der Waals surface area (Å²) >= 11 is 8.72. The number of hydrogen-bond donors (Lipinski definition) is 1. The van der Waals surface area contributed by atoms with E-state index >= 15 is 0 Å². The van der Waals surface area contributed by atoms with Crippen LogP contribution in [-0.2, 0) is 11.3 Å². The fourth-order valence-electron chi connectivity index (χ4n) is 1.41. The van der Waals surface area contributed by atoms with Crippen molar-refractivity contribution in [1.82, 2.24) is 5.32 Å². The van der Waals surface area contributed by atoms with Crippen molar-refractivity contribution in [3.05, 3.63) is 19.2 Å². The summed E-state index contributed by atoms with van der Waals surface area (Å²) in [6, 6.07) is 2.13. The van der Waals surface area contributed by atoms with Crippen LogP contribution in [0.3, 0.4) is 0 Å². The summed E-state index contributed by atoms with van der Waals surface area (Å²) in [6.45, 7) is 8.72. The van der Waals surface area contributed by atoms with Crippen LogP contribution < -0.4 is 5.32 Å². The fourth-order valence-corrected chi connectivity index (χ4v) is 3.55. The summed E-state index contributed by atoms with van der Waals surface area (Å²) < 4.78 is 7.89. The predicted molar refractivity (Wildman–Crippen MR) is 77.1 cm³/mol. The first-order valence-electron chi connectivity index (χ1n) is 5.23. The number of nitrogens with one attached hydrogen (secondary N) is 1. The SMILES string of the molecule is CCOC(C)(C)CNCc1cc(Br)c(Br)s1. The highest BCUT2D eigenvalue weighted by atomic mass is 79.9. The molecule has 0 saturated carbocycles. The number of rotatable bonds is 6. The van der Waals surface area contributed by atoms with Crippen molar-refractivity contribution in [3.63, 3.8) is 0 Å². The van der Waals surface area contributed by atoms with E-state index in [2.05, 4.69) is 57.1 Å². The molecule has 92 valence electrons. The largest absolute Gasteiger partial charge is 0.375 e. The lowest BCUT2D eigenvalue weighted by molar-refractivity contribution is -0.00893. The van der Waals surface area contributed by atoms with Crippen LogP contribution in [0.1, 0.15) is 25.6 Å². The van der Waals surface area contributed by atoms with Gasteiger partial charge >= 0.3 is 0 Å². The Kier molecular flexibility index (Phi) is 5.94. The summed E-state index contributed by atoms with van der Waals surface area (Å²) in [5, 5.41) is 3.41. The van der Waals surface area contributed by atoms with Gasteiger partial charge in [-0.3, -0.25) is 0 Å². The van der Waals surface area contributed by atoms with Gasteiger partial charge in [0.2, 0.25) is 0 Å². The highest BCUT2D eigenvalue weighted by molar-refractivity contribution is 9.13. The average molecular weight is 371 g/mol. The summed E-state index contributed by atoms with van der Waals surface area (Å²) in [4.78, 5) is 1.31. The Balaban J connectivity index is 2.35. The molecule has 0 unspecified atom stereocenters. The van der Waals surface area contributed by atoms with E-state index in [1.165, 1.54) is 4.88 Å². The predicted octanol–water partition coefficient (Wildman–Crippen LogP) is 4.18. The smallest absolute Gasteiger partial charge is 0.0843 e. The molecule has 1 heterocycles. The first kappa shape index (κ1) is 14.6. The number of halogens is 2. The Morgan fingerprint density at radius 1 is 1.44 bits per heavy atom. The Labute approximate surface area is 118 Å². The molecule has 0 bridgehead atoms. The third-order valence-corrected chi connectivity index (χ3v) is 5.34. The van der Waals surface area contributed by atoms with E-state index in [0.29, 0.717) is 0 Å². The molecule has 0 amide bonds. The quantitative estimate of drug-likeness (QED) is 0.810. The molecule has 1 N–H and O–H groups in total. The van der Waals surface area contributed by atoms with Crippen LogP contribution >= 0.6 is 43.2 Å². The van der Waals surface area contributed by atoms with Gasteiger partial charge in [-0.25, -0.2) is 0 Å². The highest BCUT2D eigenvalue weighted by Gasteiger charge is 2.16. The second-order valence-corrected chi connectivity index (χ2v) is 7.44. The van der Waals surface area contributed by atoms with Crippen LogP contribution in [0.5, 0.6) is 0 Å². The maximum atomic E-state index is 5.62. The third kappa shape index (κ3) is 4.84. The maximum absolute atomic E-state index is 5.62. The lowest BCUT2D eigenvalue weighted by Crippen LogP contribution is -2.37. The van der Waals surface area contributed by atoms with Crippen molar-refractivity contribution < 1.29 is 4.74 Å².